The number of carboxylic acid groups (broad SMARTS) is 4. The molecule has 144 valence electrons. The largest absolute Gasteiger partial charge is 0.481 e. The minimum Gasteiger partial charge on any atom is -0.481 e. The standard InChI is InChI=1S/C17H28O8/c1-2-3-4-5-6-7-8-9-10-17(15(22)23,16(24)25)12(14(20)21)11-13(18)19/h12H,2-11H2,1H3,(H,18,19)(H,20,21)(H,22,23)(H,24,25). The van der Waals surface area contributed by atoms with Crippen molar-refractivity contribution < 1.29 is 39.6 Å². The van der Waals surface area contributed by atoms with Gasteiger partial charge in [-0.1, -0.05) is 58.3 Å². The SMILES string of the molecule is CCCCCCCCCCC(C(=O)O)(C(=O)O)C(CC(=O)O)C(=O)O. The first-order chi connectivity index (χ1) is 11.7. The second-order valence-corrected chi connectivity index (χ2v) is 6.30. The quantitative estimate of drug-likeness (QED) is 0.257. The Kier molecular flexibility index (Phi) is 10.5. The molecule has 4 N–H and O–H groups in total. The van der Waals surface area contributed by atoms with Crippen molar-refractivity contribution in [2.24, 2.45) is 11.3 Å². The van der Waals surface area contributed by atoms with Crippen LogP contribution in [0, 0.1) is 11.3 Å². The fraction of sp³-hybridized carbons (Fsp3) is 0.765. The van der Waals surface area contributed by atoms with Crippen molar-refractivity contribution in [3.63, 3.8) is 0 Å². The predicted molar refractivity (Wildman–Crippen MR) is 88.3 cm³/mol. The number of carbonyl (C=O) groups is 4. The Labute approximate surface area is 146 Å². The molecule has 0 saturated heterocycles. The third kappa shape index (κ3) is 7.11. The zero-order valence-electron chi connectivity index (χ0n) is 14.6. The lowest BCUT2D eigenvalue weighted by Crippen LogP contribution is -2.49. The average molecular weight is 360 g/mol. The third-order valence-electron chi connectivity index (χ3n) is 4.46. The summed E-state index contributed by atoms with van der Waals surface area (Å²) >= 11 is 0. The second kappa shape index (κ2) is 11.4. The van der Waals surface area contributed by atoms with E-state index in [4.69, 9.17) is 5.11 Å². The molecule has 0 radical (unpaired) electrons. The molecule has 0 saturated carbocycles. The Morgan fingerprint density at radius 3 is 1.56 bits per heavy atom. The molecule has 8 heteroatoms. The zero-order valence-corrected chi connectivity index (χ0v) is 14.6. The minimum absolute atomic E-state index is 0.218. The van der Waals surface area contributed by atoms with E-state index in [1.807, 2.05) is 0 Å². The van der Waals surface area contributed by atoms with Gasteiger partial charge in [0, 0.05) is 0 Å². The van der Waals surface area contributed by atoms with Gasteiger partial charge in [-0.25, -0.2) is 0 Å². The second-order valence-electron chi connectivity index (χ2n) is 6.30. The molecule has 0 spiro atoms. The molecule has 0 aliphatic rings. The van der Waals surface area contributed by atoms with E-state index in [0.717, 1.165) is 38.5 Å². The van der Waals surface area contributed by atoms with Crippen LogP contribution in [0.25, 0.3) is 0 Å². The van der Waals surface area contributed by atoms with Crippen LogP contribution in [0.2, 0.25) is 0 Å². The molecule has 0 aromatic carbocycles. The van der Waals surface area contributed by atoms with E-state index >= 15 is 0 Å². The molecule has 0 heterocycles. The molecule has 0 aliphatic heterocycles. The molecule has 0 aromatic rings. The van der Waals surface area contributed by atoms with Crippen LogP contribution in [0.1, 0.15) is 71.1 Å². The van der Waals surface area contributed by atoms with Gasteiger partial charge in [-0.05, 0) is 6.42 Å². The Morgan fingerprint density at radius 2 is 1.20 bits per heavy atom. The van der Waals surface area contributed by atoms with Gasteiger partial charge in [-0.15, -0.1) is 0 Å². The molecule has 1 atom stereocenters. The Bertz CT molecular complexity index is 457. The highest BCUT2D eigenvalue weighted by atomic mass is 16.4. The number of rotatable bonds is 15. The van der Waals surface area contributed by atoms with Gasteiger partial charge in [0.15, 0.2) is 5.41 Å². The molecule has 0 amide bonds. The summed E-state index contributed by atoms with van der Waals surface area (Å²) in [6.07, 6.45) is 5.53. The van der Waals surface area contributed by atoms with Gasteiger partial charge in [0.2, 0.25) is 0 Å². The van der Waals surface area contributed by atoms with Crippen molar-refractivity contribution in [1.29, 1.82) is 0 Å². The van der Waals surface area contributed by atoms with Crippen LogP contribution in [0.5, 0.6) is 0 Å². The van der Waals surface area contributed by atoms with Crippen molar-refractivity contribution in [3.8, 4) is 0 Å². The van der Waals surface area contributed by atoms with Crippen LogP contribution in [-0.2, 0) is 19.2 Å². The summed E-state index contributed by atoms with van der Waals surface area (Å²) in [5, 5.41) is 36.8. The maximum atomic E-state index is 11.6. The first-order valence-electron chi connectivity index (χ1n) is 8.61. The average Bonchev–Trinajstić information content (AvgIpc) is 2.50. The molecule has 8 nitrogen and oxygen atoms in total. The van der Waals surface area contributed by atoms with Crippen LogP contribution >= 0.6 is 0 Å². The van der Waals surface area contributed by atoms with E-state index < -0.39 is 48.1 Å². The fourth-order valence-electron chi connectivity index (χ4n) is 2.96. The van der Waals surface area contributed by atoms with Crippen molar-refractivity contribution >= 4 is 23.9 Å². The molecule has 0 fully saturated rings. The van der Waals surface area contributed by atoms with Gasteiger partial charge in [-0.3, -0.25) is 19.2 Å². The predicted octanol–water partition coefficient (Wildman–Crippen LogP) is 2.85. The highest BCUT2D eigenvalue weighted by Crippen LogP contribution is 2.37. The van der Waals surface area contributed by atoms with Crippen LogP contribution in [0.3, 0.4) is 0 Å². The van der Waals surface area contributed by atoms with Gasteiger partial charge in [0.05, 0.1) is 12.3 Å². The summed E-state index contributed by atoms with van der Waals surface area (Å²) in [6, 6.07) is 0. The summed E-state index contributed by atoms with van der Waals surface area (Å²) in [5.41, 5.74) is -2.63. The molecular weight excluding hydrogens is 332 g/mol. The summed E-state index contributed by atoms with van der Waals surface area (Å²) < 4.78 is 0. The Morgan fingerprint density at radius 1 is 0.760 bits per heavy atom. The highest BCUT2D eigenvalue weighted by Gasteiger charge is 2.56. The number of hydrogen-bond donors (Lipinski definition) is 4. The van der Waals surface area contributed by atoms with Gasteiger partial charge < -0.3 is 20.4 Å². The van der Waals surface area contributed by atoms with Crippen molar-refractivity contribution in [2.45, 2.75) is 71.1 Å². The lowest BCUT2D eigenvalue weighted by atomic mass is 9.70. The lowest BCUT2D eigenvalue weighted by molar-refractivity contribution is -0.178. The lowest BCUT2D eigenvalue weighted by Gasteiger charge is -2.30. The van der Waals surface area contributed by atoms with Crippen LogP contribution in [0.4, 0.5) is 0 Å². The number of unbranched alkanes of at least 4 members (excludes halogenated alkanes) is 7. The molecule has 1 unspecified atom stereocenters. The molecule has 0 bridgehead atoms. The molecule has 0 rings (SSSR count). The van der Waals surface area contributed by atoms with E-state index in [2.05, 4.69) is 6.92 Å². The molecular formula is C17H28O8. The van der Waals surface area contributed by atoms with Crippen molar-refractivity contribution in [3.05, 3.63) is 0 Å². The minimum atomic E-state index is -2.63. The number of carboxylic acids is 4. The normalized spacial score (nSPS) is 12.5. The maximum absolute atomic E-state index is 11.6. The van der Waals surface area contributed by atoms with Gasteiger partial charge in [0.25, 0.3) is 0 Å². The van der Waals surface area contributed by atoms with E-state index in [1.165, 1.54) is 0 Å². The van der Waals surface area contributed by atoms with E-state index in [0.29, 0.717) is 6.42 Å². The summed E-state index contributed by atoms with van der Waals surface area (Å²) in [4.78, 5) is 45.4. The van der Waals surface area contributed by atoms with E-state index in [1.54, 1.807) is 0 Å². The summed E-state index contributed by atoms with van der Waals surface area (Å²) in [6.45, 7) is 2.10. The summed E-state index contributed by atoms with van der Waals surface area (Å²) in [7, 11) is 0. The Hall–Kier alpha value is -2.12. The van der Waals surface area contributed by atoms with E-state index in [9.17, 15) is 34.5 Å². The molecule has 0 aliphatic carbocycles. The van der Waals surface area contributed by atoms with Gasteiger partial charge >= 0.3 is 23.9 Å². The number of hydrogen-bond acceptors (Lipinski definition) is 4. The Balaban J connectivity index is 4.93. The molecule has 25 heavy (non-hydrogen) atoms. The first-order valence-corrected chi connectivity index (χ1v) is 8.61. The smallest absolute Gasteiger partial charge is 0.321 e. The topological polar surface area (TPSA) is 149 Å². The van der Waals surface area contributed by atoms with Crippen molar-refractivity contribution in [2.75, 3.05) is 0 Å². The van der Waals surface area contributed by atoms with Crippen LogP contribution < -0.4 is 0 Å². The highest BCUT2D eigenvalue weighted by molar-refractivity contribution is 6.03. The van der Waals surface area contributed by atoms with Crippen LogP contribution in [0.15, 0.2) is 0 Å². The van der Waals surface area contributed by atoms with Gasteiger partial charge in [-0.2, -0.15) is 0 Å². The summed E-state index contributed by atoms with van der Waals surface area (Å²) in [5.74, 6) is -8.92. The first kappa shape index (κ1) is 22.9. The van der Waals surface area contributed by atoms with Crippen molar-refractivity contribution in [1.82, 2.24) is 0 Å². The monoisotopic (exact) mass is 360 g/mol. The maximum Gasteiger partial charge on any atom is 0.321 e. The molecule has 0 aromatic heterocycles. The van der Waals surface area contributed by atoms with Gasteiger partial charge in [0.1, 0.15) is 0 Å². The zero-order chi connectivity index (χ0) is 19.5. The van der Waals surface area contributed by atoms with Crippen LogP contribution in [-0.4, -0.2) is 44.3 Å². The van der Waals surface area contributed by atoms with E-state index in [-0.39, 0.29) is 6.42 Å². The number of aliphatic carboxylic acids is 4. The fourth-order valence-corrected chi connectivity index (χ4v) is 2.96. The third-order valence-corrected chi connectivity index (χ3v) is 4.46.